The monoisotopic (exact) mass is 362 g/mol. The zero-order valence-corrected chi connectivity index (χ0v) is 16.0. The Labute approximate surface area is 144 Å². The molecule has 0 N–H and O–H groups in total. The van der Waals surface area contributed by atoms with Gasteiger partial charge < -0.3 is 18.9 Å². The number of benzene rings is 2. The van der Waals surface area contributed by atoms with Gasteiger partial charge in [0.1, 0.15) is 0 Å². The molecule has 0 bridgehead atoms. The molecule has 0 saturated heterocycles. The molecule has 0 radical (unpaired) electrons. The van der Waals surface area contributed by atoms with E-state index < -0.39 is 0 Å². The van der Waals surface area contributed by atoms with Gasteiger partial charge in [-0.2, -0.15) is 0 Å². The maximum absolute atomic E-state index is 5.87. The molecule has 2 aromatic carbocycles. The summed E-state index contributed by atoms with van der Waals surface area (Å²) in [5.74, 6) is 3.30. The molecule has 0 saturated carbocycles. The fourth-order valence-electron chi connectivity index (χ4n) is 3.15. The summed E-state index contributed by atoms with van der Waals surface area (Å²) in [5.41, 5.74) is 2.24. The standard InChI is InChI=1S/C18H20O4P2/c1-23(2)13-7-5-11-17(21-9-19-11)15(13)16-14(24(3)4)8-6-12-18(16)22-10-20-12/h5-8H,9-10H2,1-4H3. The van der Waals surface area contributed by atoms with E-state index in [4.69, 9.17) is 18.9 Å². The number of fused-ring (bicyclic) bond motifs is 2. The Bertz CT molecular complexity index is 735. The van der Waals surface area contributed by atoms with Gasteiger partial charge in [-0.25, -0.2) is 0 Å². The third-order valence-corrected chi connectivity index (χ3v) is 6.92. The van der Waals surface area contributed by atoms with Crippen molar-refractivity contribution in [3.8, 4) is 34.1 Å². The van der Waals surface area contributed by atoms with Crippen LogP contribution in [0.1, 0.15) is 0 Å². The smallest absolute Gasteiger partial charge is 0.231 e. The topological polar surface area (TPSA) is 36.9 Å². The quantitative estimate of drug-likeness (QED) is 0.783. The molecule has 0 aromatic heterocycles. The predicted molar refractivity (Wildman–Crippen MR) is 101 cm³/mol. The van der Waals surface area contributed by atoms with Crippen molar-refractivity contribution in [2.75, 3.05) is 40.2 Å². The molecule has 6 heteroatoms. The van der Waals surface area contributed by atoms with Crippen molar-refractivity contribution < 1.29 is 18.9 Å². The second kappa shape index (κ2) is 6.10. The zero-order valence-electron chi connectivity index (χ0n) is 14.3. The molecule has 2 aliphatic heterocycles. The molecule has 0 unspecified atom stereocenters. The first-order valence-corrected chi connectivity index (χ1v) is 12.3. The van der Waals surface area contributed by atoms with Crippen LogP contribution in [-0.2, 0) is 0 Å². The van der Waals surface area contributed by atoms with Crippen LogP contribution in [-0.4, -0.2) is 40.2 Å². The summed E-state index contributed by atoms with van der Waals surface area (Å²) >= 11 is 0. The van der Waals surface area contributed by atoms with E-state index in [0.717, 1.165) is 34.1 Å². The largest absolute Gasteiger partial charge is 0.454 e. The normalized spacial score (nSPS) is 14.8. The number of rotatable bonds is 3. The Morgan fingerprint density at radius 1 is 0.625 bits per heavy atom. The minimum atomic E-state index is -0.310. The highest BCUT2D eigenvalue weighted by atomic mass is 31.1. The Hall–Kier alpha value is -1.50. The highest BCUT2D eigenvalue weighted by molar-refractivity contribution is 7.65. The van der Waals surface area contributed by atoms with E-state index in [2.05, 4.69) is 38.8 Å². The van der Waals surface area contributed by atoms with Crippen LogP contribution in [0, 0.1) is 0 Å². The van der Waals surface area contributed by atoms with Crippen molar-refractivity contribution in [3.05, 3.63) is 24.3 Å². The van der Waals surface area contributed by atoms with Crippen LogP contribution in [0.3, 0.4) is 0 Å². The molecule has 2 aromatic rings. The third-order valence-electron chi connectivity index (χ3n) is 4.25. The van der Waals surface area contributed by atoms with E-state index in [1.165, 1.54) is 10.6 Å². The summed E-state index contributed by atoms with van der Waals surface area (Å²) in [4.78, 5) is 0. The SMILES string of the molecule is CP(C)c1ccc2c(c1-c1c(P(C)C)ccc3c1OCO3)OCO2. The Morgan fingerprint density at radius 3 is 1.42 bits per heavy atom. The first-order valence-electron chi connectivity index (χ1n) is 7.78. The fourth-order valence-corrected chi connectivity index (χ4v) is 5.22. The summed E-state index contributed by atoms with van der Waals surface area (Å²) in [6.45, 7) is 9.58. The van der Waals surface area contributed by atoms with Crippen molar-refractivity contribution in [1.29, 1.82) is 0 Å². The maximum atomic E-state index is 5.87. The van der Waals surface area contributed by atoms with Gasteiger partial charge in [0.25, 0.3) is 0 Å². The van der Waals surface area contributed by atoms with E-state index in [-0.39, 0.29) is 29.4 Å². The summed E-state index contributed by atoms with van der Waals surface area (Å²) in [6.07, 6.45) is 0. The lowest BCUT2D eigenvalue weighted by molar-refractivity contribution is 0.173. The molecule has 0 atom stereocenters. The lowest BCUT2D eigenvalue weighted by Crippen LogP contribution is -2.13. The van der Waals surface area contributed by atoms with Gasteiger partial charge in [-0.15, -0.1) is 0 Å². The van der Waals surface area contributed by atoms with E-state index in [9.17, 15) is 0 Å². The van der Waals surface area contributed by atoms with Gasteiger partial charge in [-0.3, -0.25) is 0 Å². The van der Waals surface area contributed by atoms with Crippen molar-refractivity contribution >= 4 is 26.5 Å². The number of ether oxygens (including phenoxy) is 4. The highest BCUT2D eigenvalue weighted by Gasteiger charge is 2.31. The molecule has 0 fully saturated rings. The van der Waals surface area contributed by atoms with Crippen molar-refractivity contribution in [2.24, 2.45) is 0 Å². The van der Waals surface area contributed by atoms with Gasteiger partial charge in [-0.1, -0.05) is 15.8 Å². The summed E-state index contributed by atoms with van der Waals surface area (Å²) < 4.78 is 23.0. The lowest BCUT2D eigenvalue weighted by Gasteiger charge is -2.21. The second-order valence-corrected chi connectivity index (χ2v) is 10.7. The van der Waals surface area contributed by atoms with Crippen LogP contribution < -0.4 is 29.6 Å². The predicted octanol–water partition coefficient (Wildman–Crippen LogP) is 3.54. The second-order valence-electron chi connectivity index (χ2n) is 6.18. The molecule has 24 heavy (non-hydrogen) atoms. The molecule has 0 amide bonds. The molecule has 2 aliphatic rings. The first-order chi connectivity index (χ1) is 11.6. The summed E-state index contributed by atoms with van der Waals surface area (Å²) in [7, 11) is -0.619. The molecule has 4 nitrogen and oxygen atoms in total. The minimum absolute atomic E-state index is 0.270. The van der Waals surface area contributed by atoms with Crippen LogP contribution in [0.15, 0.2) is 24.3 Å². The van der Waals surface area contributed by atoms with Gasteiger partial charge in [0.15, 0.2) is 23.0 Å². The van der Waals surface area contributed by atoms with Crippen LogP contribution in [0.2, 0.25) is 0 Å². The van der Waals surface area contributed by atoms with Gasteiger partial charge in [0.05, 0.1) is 0 Å². The number of hydrogen-bond acceptors (Lipinski definition) is 4. The summed E-state index contributed by atoms with van der Waals surface area (Å²) in [5, 5.41) is 2.60. The Morgan fingerprint density at radius 2 is 1.04 bits per heavy atom. The average Bonchev–Trinajstić information content (AvgIpc) is 3.21. The average molecular weight is 362 g/mol. The fraction of sp³-hybridized carbons (Fsp3) is 0.333. The Kier molecular flexibility index (Phi) is 4.06. The first kappa shape index (κ1) is 16.0. The Balaban J connectivity index is 2.07. The molecule has 4 rings (SSSR count). The highest BCUT2D eigenvalue weighted by Crippen LogP contribution is 2.51. The van der Waals surface area contributed by atoms with Gasteiger partial charge in [0, 0.05) is 11.1 Å². The minimum Gasteiger partial charge on any atom is -0.454 e. The van der Waals surface area contributed by atoms with E-state index in [1.807, 2.05) is 12.1 Å². The maximum Gasteiger partial charge on any atom is 0.231 e. The van der Waals surface area contributed by atoms with Crippen LogP contribution in [0.5, 0.6) is 23.0 Å². The van der Waals surface area contributed by atoms with Crippen LogP contribution >= 0.6 is 15.8 Å². The van der Waals surface area contributed by atoms with Gasteiger partial charge >= 0.3 is 0 Å². The van der Waals surface area contributed by atoms with Crippen molar-refractivity contribution in [1.82, 2.24) is 0 Å². The van der Waals surface area contributed by atoms with E-state index in [1.54, 1.807) is 0 Å². The van der Waals surface area contributed by atoms with Gasteiger partial charge in [0.2, 0.25) is 13.6 Å². The van der Waals surface area contributed by atoms with Crippen molar-refractivity contribution in [2.45, 2.75) is 0 Å². The molecule has 2 heterocycles. The molecular weight excluding hydrogens is 342 g/mol. The lowest BCUT2D eigenvalue weighted by atomic mass is 10.0. The number of hydrogen-bond donors (Lipinski definition) is 0. The molecular formula is C18H20O4P2. The molecule has 0 spiro atoms. The summed E-state index contributed by atoms with van der Waals surface area (Å²) in [6, 6.07) is 8.37. The van der Waals surface area contributed by atoms with E-state index >= 15 is 0 Å². The van der Waals surface area contributed by atoms with Crippen LogP contribution in [0.4, 0.5) is 0 Å². The van der Waals surface area contributed by atoms with Crippen molar-refractivity contribution in [3.63, 3.8) is 0 Å². The molecule has 126 valence electrons. The van der Waals surface area contributed by atoms with Gasteiger partial charge in [-0.05, 0) is 61.5 Å². The van der Waals surface area contributed by atoms with Crippen LogP contribution in [0.25, 0.3) is 11.1 Å². The third kappa shape index (κ3) is 2.44. The molecule has 0 aliphatic carbocycles. The zero-order chi connectivity index (χ0) is 16.8. The van der Waals surface area contributed by atoms with E-state index in [0.29, 0.717) is 0 Å².